The fraction of sp³-hybridized carbons (Fsp3) is 0.231. The van der Waals surface area contributed by atoms with Crippen LogP contribution in [0.1, 0.15) is 27.2 Å². The number of hydrogen-bond donors (Lipinski definition) is 1. The van der Waals surface area contributed by atoms with E-state index in [9.17, 15) is 18.0 Å². The van der Waals surface area contributed by atoms with Gasteiger partial charge in [0, 0.05) is 6.54 Å². The molecule has 0 saturated carbocycles. The molecule has 1 aromatic carbocycles. The zero-order valence-electron chi connectivity index (χ0n) is 10.8. The molecule has 21 heavy (non-hydrogen) atoms. The van der Waals surface area contributed by atoms with Crippen molar-refractivity contribution in [1.82, 2.24) is 10.5 Å². The number of halogens is 4. The molecule has 2 rings (SSSR count). The minimum atomic E-state index is -4.54. The first-order chi connectivity index (χ1) is 9.79. The molecular weight excluding hydrogens is 309 g/mol. The van der Waals surface area contributed by atoms with E-state index in [4.69, 9.17) is 16.1 Å². The zero-order valence-corrected chi connectivity index (χ0v) is 11.5. The van der Waals surface area contributed by atoms with Crippen LogP contribution in [0.5, 0.6) is 0 Å². The summed E-state index contributed by atoms with van der Waals surface area (Å²) in [6, 6.07) is 3.47. The average Bonchev–Trinajstić information content (AvgIpc) is 2.82. The van der Waals surface area contributed by atoms with Gasteiger partial charge in [-0.05, 0) is 24.6 Å². The number of amides is 1. The summed E-state index contributed by atoms with van der Waals surface area (Å²) in [5, 5.41) is 5.56. The number of aryl methyl sites for hydroxylation is 1. The van der Waals surface area contributed by atoms with Crippen LogP contribution in [0.3, 0.4) is 0 Å². The van der Waals surface area contributed by atoms with Gasteiger partial charge in [-0.25, -0.2) is 0 Å². The number of carbonyl (C=O) groups is 1. The van der Waals surface area contributed by atoms with Gasteiger partial charge < -0.3 is 9.84 Å². The van der Waals surface area contributed by atoms with Gasteiger partial charge in [0.2, 0.25) is 0 Å². The Kier molecular flexibility index (Phi) is 4.22. The normalized spacial score (nSPS) is 11.5. The molecule has 0 aliphatic heterocycles. The quantitative estimate of drug-likeness (QED) is 0.941. The summed E-state index contributed by atoms with van der Waals surface area (Å²) >= 11 is 5.52. The molecule has 0 atom stereocenters. The minimum absolute atomic E-state index is 0.0658. The van der Waals surface area contributed by atoms with Gasteiger partial charge in [0.05, 0.1) is 16.8 Å². The predicted octanol–water partition coefficient (Wildman–Crippen LogP) is 3.59. The second-order valence-electron chi connectivity index (χ2n) is 4.29. The van der Waals surface area contributed by atoms with Gasteiger partial charge in [-0.3, -0.25) is 4.79 Å². The van der Waals surface area contributed by atoms with Crippen molar-refractivity contribution < 1.29 is 22.5 Å². The van der Waals surface area contributed by atoms with Gasteiger partial charge in [-0.15, -0.1) is 0 Å². The van der Waals surface area contributed by atoms with Gasteiger partial charge >= 0.3 is 6.18 Å². The lowest BCUT2D eigenvalue weighted by Gasteiger charge is -2.11. The number of alkyl halides is 3. The molecule has 2 aromatic rings. The Hall–Kier alpha value is -2.02. The molecule has 1 heterocycles. The third-order valence-corrected chi connectivity index (χ3v) is 3.11. The van der Waals surface area contributed by atoms with Crippen molar-refractivity contribution in [2.45, 2.75) is 19.6 Å². The Morgan fingerprint density at radius 2 is 2.14 bits per heavy atom. The standard InChI is InChI=1S/C13H10ClF3N2O2/c1-7-9(6-19-21-7)12(20)18-5-8-2-3-11(14)10(4-8)13(15,16)17/h2-4,6H,5H2,1H3,(H,18,20). The molecule has 0 saturated heterocycles. The highest BCUT2D eigenvalue weighted by Crippen LogP contribution is 2.35. The van der Waals surface area contributed by atoms with Crippen molar-refractivity contribution in [3.63, 3.8) is 0 Å². The summed E-state index contributed by atoms with van der Waals surface area (Å²) in [6.07, 6.45) is -3.30. The molecule has 112 valence electrons. The van der Waals surface area contributed by atoms with Crippen LogP contribution in [-0.2, 0) is 12.7 Å². The summed E-state index contributed by atoms with van der Waals surface area (Å²) in [7, 11) is 0. The van der Waals surface area contributed by atoms with Gasteiger partial charge in [-0.2, -0.15) is 13.2 Å². The SMILES string of the molecule is Cc1oncc1C(=O)NCc1ccc(Cl)c(C(F)(F)F)c1. The predicted molar refractivity (Wildman–Crippen MR) is 68.9 cm³/mol. The summed E-state index contributed by atoms with van der Waals surface area (Å²) in [4.78, 5) is 11.8. The van der Waals surface area contributed by atoms with Crippen LogP contribution >= 0.6 is 11.6 Å². The van der Waals surface area contributed by atoms with Crippen LogP contribution in [0.25, 0.3) is 0 Å². The van der Waals surface area contributed by atoms with E-state index >= 15 is 0 Å². The molecule has 4 nitrogen and oxygen atoms in total. The van der Waals surface area contributed by atoms with Gasteiger partial charge in [0.25, 0.3) is 5.91 Å². The fourth-order valence-corrected chi connectivity index (χ4v) is 1.92. The van der Waals surface area contributed by atoms with E-state index in [0.29, 0.717) is 5.76 Å². The van der Waals surface area contributed by atoms with Gasteiger partial charge in [0.15, 0.2) is 0 Å². The van der Waals surface area contributed by atoms with E-state index in [1.54, 1.807) is 6.92 Å². The van der Waals surface area contributed by atoms with Crippen molar-refractivity contribution in [2.24, 2.45) is 0 Å². The second kappa shape index (κ2) is 5.77. The van der Waals surface area contributed by atoms with Crippen molar-refractivity contribution in [3.05, 3.63) is 51.9 Å². The molecule has 0 radical (unpaired) electrons. The van der Waals surface area contributed by atoms with Crippen molar-refractivity contribution in [1.29, 1.82) is 0 Å². The summed E-state index contributed by atoms with van der Waals surface area (Å²) < 4.78 is 42.9. The minimum Gasteiger partial charge on any atom is -0.361 e. The van der Waals surface area contributed by atoms with Crippen LogP contribution in [0.2, 0.25) is 5.02 Å². The Morgan fingerprint density at radius 3 is 2.71 bits per heavy atom. The number of aromatic nitrogens is 1. The topological polar surface area (TPSA) is 55.1 Å². The molecule has 1 N–H and O–H groups in total. The largest absolute Gasteiger partial charge is 0.417 e. The van der Waals surface area contributed by atoms with Crippen LogP contribution in [0, 0.1) is 6.92 Å². The Labute approximate surface area is 122 Å². The summed E-state index contributed by atoms with van der Waals surface area (Å²) in [5.74, 6) is -0.142. The molecule has 0 bridgehead atoms. The Balaban J connectivity index is 2.11. The van der Waals surface area contributed by atoms with Crippen LogP contribution < -0.4 is 5.32 Å². The van der Waals surface area contributed by atoms with E-state index in [0.717, 1.165) is 12.1 Å². The molecule has 8 heteroatoms. The molecule has 0 aliphatic carbocycles. The molecule has 1 aromatic heterocycles. The lowest BCUT2D eigenvalue weighted by molar-refractivity contribution is -0.137. The monoisotopic (exact) mass is 318 g/mol. The number of rotatable bonds is 3. The van der Waals surface area contributed by atoms with Crippen molar-refractivity contribution in [2.75, 3.05) is 0 Å². The van der Waals surface area contributed by atoms with E-state index in [1.165, 1.54) is 12.3 Å². The van der Waals surface area contributed by atoms with E-state index in [-0.39, 0.29) is 22.7 Å². The number of hydrogen-bond acceptors (Lipinski definition) is 3. The molecule has 0 fully saturated rings. The third kappa shape index (κ3) is 3.55. The number of nitrogens with one attached hydrogen (secondary N) is 1. The molecular formula is C13H10ClF3N2O2. The first-order valence-electron chi connectivity index (χ1n) is 5.84. The zero-order chi connectivity index (χ0) is 15.6. The number of benzene rings is 1. The highest BCUT2D eigenvalue weighted by Gasteiger charge is 2.33. The highest BCUT2D eigenvalue weighted by atomic mass is 35.5. The summed E-state index contributed by atoms with van der Waals surface area (Å²) in [5.41, 5.74) is -0.411. The van der Waals surface area contributed by atoms with E-state index in [1.807, 2.05) is 0 Å². The molecule has 0 unspecified atom stereocenters. The van der Waals surface area contributed by atoms with Gasteiger partial charge in [0.1, 0.15) is 11.3 Å². The maximum absolute atomic E-state index is 12.7. The molecule has 0 spiro atoms. The summed E-state index contributed by atoms with van der Waals surface area (Å²) in [6.45, 7) is 1.50. The van der Waals surface area contributed by atoms with E-state index < -0.39 is 17.6 Å². The number of carbonyl (C=O) groups excluding carboxylic acids is 1. The van der Waals surface area contributed by atoms with Crippen molar-refractivity contribution >= 4 is 17.5 Å². The van der Waals surface area contributed by atoms with Crippen molar-refractivity contribution in [3.8, 4) is 0 Å². The average molecular weight is 319 g/mol. The smallest absolute Gasteiger partial charge is 0.361 e. The molecule has 0 aliphatic rings. The number of nitrogens with zero attached hydrogens (tertiary/aromatic N) is 1. The van der Waals surface area contributed by atoms with Gasteiger partial charge in [-0.1, -0.05) is 22.8 Å². The lowest BCUT2D eigenvalue weighted by atomic mass is 10.1. The lowest BCUT2D eigenvalue weighted by Crippen LogP contribution is -2.23. The Bertz CT molecular complexity index is 668. The van der Waals surface area contributed by atoms with Crippen LogP contribution in [-0.4, -0.2) is 11.1 Å². The van der Waals surface area contributed by atoms with Crippen LogP contribution in [0.4, 0.5) is 13.2 Å². The molecule has 1 amide bonds. The third-order valence-electron chi connectivity index (χ3n) is 2.78. The highest BCUT2D eigenvalue weighted by molar-refractivity contribution is 6.31. The fourth-order valence-electron chi connectivity index (χ4n) is 1.69. The maximum atomic E-state index is 12.7. The van der Waals surface area contributed by atoms with Crippen LogP contribution in [0.15, 0.2) is 28.9 Å². The maximum Gasteiger partial charge on any atom is 0.417 e. The first-order valence-corrected chi connectivity index (χ1v) is 6.22. The van der Waals surface area contributed by atoms with E-state index in [2.05, 4.69) is 10.5 Å². The first kappa shape index (κ1) is 15.4. The Morgan fingerprint density at radius 1 is 1.43 bits per heavy atom. The second-order valence-corrected chi connectivity index (χ2v) is 4.70.